The van der Waals surface area contributed by atoms with E-state index >= 15 is 0 Å². The number of aromatic carboxylic acids is 1. The molecular formula is C24H27N7O3. The van der Waals surface area contributed by atoms with E-state index in [-0.39, 0.29) is 17.2 Å². The summed E-state index contributed by atoms with van der Waals surface area (Å²) >= 11 is 0. The van der Waals surface area contributed by atoms with Crippen LogP contribution in [0.1, 0.15) is 52.9 Å². The summed E-state index contributed by atoms with van der Waals surface area (Å²) in [5.41, 5.74) is 9.09. The van der Waals surface area contributed by atoms with Crippen molar-refractivity contribution in [3.63, 3.8) is 0 Å². The standard InChI is InChI=1S/C24H27N7O3/c1-15(7-3-4-12-25)31-21-18(20-14-30(2)29-28-20)10-6-11-19(21)26-24(31)27-22(32)16-8-5-9-17(13-16)23(33)34/h5-6,8-11,13-15H,3-4,7,12,25H2,1-2H3,(H,33,34)(H,26,27,32)/t15-/m1/s1. The Labute approximate surface area is 196 Å². The van der Waals surface area contributed by atoms with Gasteiger partial charge in [0.2, 0.25) is 5.95 Å². The summed E-state index contributed by atoms with van der Waals surface area (Å²) in [6.07, 6.45) is 4.51. The van der Waals surface area contributed by atoms with Gasteiger partial charge in [-0.15, -0.1) is 5.10 Å². The normalized spacial score (nSPS) is 12.1. The molecule has 0 aliphatic heterocycles. The molecule has 0 saturated carbocycles. The number of imidazole rings is 1. The lowest BCUT2D eigenvalue weighted by Gasteiger charge is -2.19. The molecule has 0 radical (unpaired) electrons. The average molecular weight is 462 g/mol. The van der Waals surface area contributed by atoms with Gasteiger partial charge in [0.1, 0.15) is 5.69 Å². The molecular weight excluding hydrogens is 434 g/mol. The predicted octanol–water partition coefficient (Wildman–Crippen LogP) is 3.47. The highest BCUT2D eigenvalue weighted by molar-refractivity contribution is 6.06. The summed E-state index contributed by atoms with van der Waals surface area (Å²) in [7, 11) is 1.81. The van der Waals surface area contributed by atoms with Gasteiger partial charge in [0.15, 0.2) is 0 Å². The first-order valence-corrected chi connectivity index (χ1v) is 11.1. The molecule has 0 aliphatic carbocycles. The Bertz CT molecular complexity index is 1340. The lowest BCUT2D eigenvalue weighted by molar-refractivity contribution is 0.0697. The number of carbonyl (C=O) groups excluding carboxylic acids is 1. The number of benzene rings is 2. The van der Waals surface area contributed by atoms with Crippen LogP contribution in [0, 0.1) is 0 Å². The van der Waals surface area contributed by atoms with Crippen molar-refractivity contribution in [2.45, 2.75) is 32.2 Å². The zero-order valence-corrected chi connectivity index (χ0v) is 19.1. The van der Waals surface area contributed by atoms with Gasteiger partial charge in [0.05, 0.1) is 22.8 Å². The van der Waals surface area contributed by atoms with Crippen LogP contribution in [-0.2, 0) is 7.05 Å². The van der Waals surface area contributed by atoms with Crippen molar-refractivity contribution < 1.29 is 14.7 Å². The van der Waals surface area contributed by atoms with Crippen molar-refractivity contribution in [1.82, 2.24) is 24.5 Å². The fraction of sp³-hybridized carbons (Fsp3) is 0.292. The third kappa shape index (κ3) is 4.67. The van der Waals surface area contributed by atoms with Crippen LogP contribution in [0.3, 0.4) is 0 Å². The number of nitrogens with zero attached hydrogens (tertiary/aromatic N) is 5. The average Bonchev–Trinajstić information content (AvgIpc) is 3.42. The zero-order valence-electron chi connectivity index (χ0n) is 19.1. The van der Waals surface area contributed by atoms with Gasteiger partial charge in [-0.25, -0.2) is 9.78 Å². The van der Waals surface area contributed by atoms with E-state index < -0.39 is 11.9 Å². The van der Waals surface area contributed by atoms with E-state index in [1.807, 2.05) is 29.0 Å². The Morgan fingerprint density at radius 1 is 1.15 bits per heavy atom. The minimum absolute atomic E-state index is 0.00928. The second-order valence-corrected chi connectivity index (χ2v) is 8.23. The first-order chi connectivity index (χ1) is 16.4. The highest BCUT2D eigenvalue weighted by atomic mass is 16.4. The quantitative estimate of drug-likeness (QED) is 0.324. The van der Waals surface area contributed by atoms with Crippen molar-refractivity contribution in [1.29, 1.82) is 0 Å². The van der Waals surface area contributed by atoms with Gasteiger partial charge in [-0.05, 0) is 50.6 Å². The van der Waals surface area contributed by atoms with E-state index in [1.165, 1.54) is 12.1 Å². The summed E-state index contributed by atoms with van der Waals surface area (Å²) in [4.78, 5) is 29.1. The number of hydrogen-bond acceptors (Lipinski definition) is 6. The fourth-order valence-electron chi connectivity index (χ4n) is 4.02. The molecule has 10 nitrogen and oxygen atoms in total. The molecule has 4 aromatic rings. The Balaban J connectivity index is 1.79. The van der Waals surface area contributed by atoms with Crippen molar-refractivity contribution >= 4 is 28.9 Å². The summed E-state index contributed by atoms with van der Waals surface area (Å²) < 4.78 is 3.65. The number of unbranched alkanes of at least 4 members (excludes halogenated alkanes) is 1. The molecule has 176 valence electrons. The van der Waals surface area contributed by atoms with Crippen LogP contribution in [-0.4, -0.2) is 48.1 Å². The van der Waals surface area contributed by atoms with Crippen LogP contribution < -0.4 is 11.1 Å². The molecule has 1 atom stereocenters. The molecule has 2 heterocycles. The molecule has 34 heavy (non-hydrogen) atoms. The van der Waals surface area contributed by atoms with Gasteiger partial charge in [-0.3, -0.25) is 14.8 Å². The van der Waals surface area contributed by atoms with Gasteiger partial charge < -0.3 is 15.4 Å². The number of para-hydroxylation sites is 1. The number of fused-ring (bicyclic) bond motifs is 1. The van der Waals surface area contributed by atoms with Crippen molar-refractivity contribution in [2.75, 3.05) is 11.9 Å². The van der Waals surface area contributed by atoms with Crippen LogP contribution in [0.15, 0.2) is 48.7 Å². The Morgan fingerprint density at radius 3 is 2.62 bits per heavy atom. The topological polar surface area (TPSA) is 141 Å². The van der Waals surface area contributed by atoms with E-state index in [1.54, 1.807) is 23.9 Å². The van der Waals surface area contributed by atoms with Gasteiger partial charge in [-0.1, -0.05) is 29.8 Å². The molecule has 0 fully saturated rings. The lowest BCUT2D eigenvalue weighted by Crippen LogP contribution is -2.18. The van der Waals surface area contributed by atoms with E-state index in [9.17, 15) is 14.7 Å². The minimum Gasteiger partial charge on any atom is -0.478 e. The zero-order chi connectivity index (χ0) is 24.2. The van der Waals surface area contributed by atoms with Gasteiger partial charge in [0, 0.05) is 24.2 Å². The molecule has 0 bridgehead atoms. The molecule has 10 heteroatoms. The Kier molecular flexibility index (Phi) is 6.69. The number of nitrogens with two attached hydrogens (primary N) is 1. The number of rotatable bonds is 9. The number of carboxylic acid groups (broad SMARTS) is 1. The number of carboxylic acids is 1. The van der Waals surface area contributed by atoms with Crippen LogP contribution in [0.25, 0.3) is 22.3 Å². The molecule has 4 N–H and O–H groups in total. The monoisotopic (exact) mass is 461 g/mol. The van der Waals surface area contributed by atoms with E-state index in [0.29, 0.717) is 23.7 Å². The van der Waals surface area contributed by atoms with Gasteiger partial charge in [-0.2, -0.15) is 0 Å². The first kappa shape index (κ1) is 23.1. The number of carbonyl (C=O) groups is 2. The van der Waals surface area contributed by atoms with Crippen molar-refractivity contribution in [2.24, 2.45) is 12.8 Å². The van der Waals surface area contributed by atoms with Crippen molar-refractivity contribution in [3.05, 3.63) is 59.8 Å². The Hall–Kier alpha value is -4.05. The first-order valence-electron chi connectivity index (χ1n) is 11.1. The summed E-state index contributed by atoms with van der Waals surface area (Å²) in [6.45, 7) is 2.69. The maximum absolute atomic E-state index is 13.1. The fourth-order valence-corrected chi connectivity index (χ4v) is 4.02. The second kappa shape index (κ2) is 9.84. The number of anilines is 1. The maximum atomic E-state index is 13.1. The molecule has 0 aliphatic rings. The largest absolute Gasteiger partial charge is 0.478 e. The van der Waals surface area contributed by atoms with E-state index in [4.69, 9.17) is 10.7 Å². The lowest BCUT2D eigenvalue weighted by atomic mass is 10.1. The second-order valence-electron chi connectivity index (χ2n) is 8.23. The number of amides is 1. The van der Waals surface area contributed by atoms with Crippen LogP contribution in [0.4, 0.5) is 5.95 Å². The van der Waals surface area contributed by atoms with Crippen LogP contribution >= 0.6 is 0 Å². The van der Waals surface area contributed by atoms with E-state index in [2.05, 4.69) is 22.6 Å². The minimum atomic E-state index is -1.09. The molecule has 2 aromatic heterocycles. The predicted molar refractivity (Wildman–Crippen MR) is 129 cm³/mol. The van der Waals surface area contributed by atoms with Gasteiger partial charge >= 0.3 is 5.97 Å². The number of nitrogens with one attached hydrogen (secondary N) is 1. The van der Waals surface area contributed by atoms with Crippen LogP contribution in [0.5, 0.6) is 0 Å². The maximum Gasteiger partial charge on any atom is 0.335 e. The third-order valence-corrected chi connectivity index (χ3v) is 5.70. The number of aryl methyl sites for hydroxylation is 1. The molecule has 0 spiro atoms. The Morgan fingerprint density at radius 2 is 1.91 bits per heavy atom. The molecule has 0 unspecified atom stereocenters. The SMILES string of the molecule is C[C@H](CCCCN)n1c(NC(=O)c2cccc(C(=O)O)c2)nc2cccc(-c3cn(C)nn3)c21. The molecule has 0 saturated heterocycles. The molecule has 1 amide bonds. The van der Waals surface area contributed by atoms with Crippen LogP contribution in [0.2, 0.25) is 0 Å². The smallest absolute Gasteiger partial charge is 0.335 e. The van der Waals surface area contributed by atoms with Gasteiger partial charge in [0.25, 0.3) is 5.91 Å². The summed E-state index contributed by atoms with van der Waals surface area (Å²) in [6, 6.07) is 11.7. The third-order valence-electron chi connectivity index (χ3n) is 5.70. The number of aromatic nitrogens is 5. The van der Waals surface area contributed by atoms with E-state index in [0.717, 1.165) is 30.3 Å². The van der Waals surface area contributed by atoms with Crippen molar-refractivity contribution in [3.8, 4) is 11.3 Å². The molecule has 4 rings (SSSR count). The molecule has 2 aromatic carbocycles. The highest BCUT2D eigenvalue weighted by Crippen LogP contribution is 2.34. The summed E-state index contributed by atoms with van der Waals surface area (Å²) in [5.74, 6) is -1.14. The highest BCUT2D eigenvalue weighted by Gasteiger charge is 2.22. The number of hydrogen-bond donors (Lipinski definition) is 3. The summed E-state index contributed by atoms with van der Waals surface area (Å²) in [5, 5.41) is 20.5.